The molecular weight excluding hydrogens is 733 g/mol. The highest BCUT2D eigenvalue weighted by Crippen LogP contribution is 2.44. The van der Waals surface area contributed by atoms with Gasteiger partial charge in [0.05, 0.1) is 34.1 Å². The zero-order chi connectivity index (χ0) is 40.4. The van der Waals surface area contributed by atoms with Gasteiger partial charge in [-0.3, -0.25) is 0 Å². The van der Waals surface area contributed by atoms with Gasteiger partial charge in [0.1, 0.15) is 0 Å². The molecule has 0 saturated heterocycles. The maximum Gasteiger partial charge on any atom is 0.0640 e. The van der Waals surface area contributed by atoms with Crippen molar-refractivity contribution in [3.05, 3.63) is 164 Å². The fraction of sp³-hybridized carbons (Fsp3) is 0. The molecule has 12 aromatic rings. The van der Waals surface area contributed by atoms with Gasteiger partial charge >= 0.3 is 0 Å². The van der Waals surface area contributed by atoms with Gasteiger partial charge in [-0.05, 0) is 134 Å². The average molecular weight is 771 g/mol. The molecule has 60 heavy (non-hydrogen) atoms. The fourth-order valence-electron chi connectivity index (χ4n) is 9.71. The number of nitrogens with one attached hydrogen (secondary N) is 1. The zero-order valence-electron chi connectivity index (χ0n) is 32.5. The molecule has 0 fully saturated rings. The Kier molecular flexibility index (Phi) is 7.00. The lowest BCUT2D eigenvalue weighted by molar-refractivity contribution is 1.59. The lowest BCUT2D eigenvalue weighted by Crippen LogP contribution is -1.98. The summed E-state index contributed by atoms with van der Waals surface area (Å²) < 4.78 is 0. The maximum atomic E-state index is 7.13. The first kappa shape index (κ1) is 33.9. The maximum absolute atomic E-state index is 7.13. The molecule has 0 aliphatic rings. The van der Waals surface area contributed by atoms with Gasteiger partial charge in [0, 0.05) is 21.8 Å². The van der Waals surface area contributed by atoms with Crippen molar-refractivity contribution in [3.63, 3.8) is 0 Å². The molecule has 6 nitrogen and oxygen atoms in total. The first-order chi connectivity index (χ1) is 29.3. The molecular formula is C54H38N6. The molecule has 0 bridgehead atoms. The summed E-state index contributed by atoms with van der Waals surface area (Å²) in [5.41, 5.74) is 40.2. The van der Waals surface area contributed by atoms with E-state index in [9.17, 15) is 0 Å². The molecule has 6 heteroatoms. The molecule has 284 valence electrons. The van der Waals surface area contributed by atoms with Crippen LogP contribution in [0.4, 0.5) is 39.8 Å². The quantitative estimate of drug-likeness (QED) is 0.0600. The van der Waals surface area contributed by atoms with E-state index in [-0.39, 0.29) is 0 Å². The topological polar surface area (TPSA) is 142 Å². The predicted octanol–water partition coefficient (Wildman–Crippen LogP) is 13.4. The molecule has 0 aliphatic carbocycles. The lowest BCUT2D eigenvalue weighted by atomic mass is 9.91. The van der Waals surface area contributed by atoms with Gasteiger partial charge in [0.2, 0.25) is 0 Å². The minimum Gasteiger partial charge on any atom is -0.397 e. The van der Waals surface area contributed by atoms with Crippen LogP contribution in [0.15, 0.2) is 164 Å². The van der Waals surface area contributed by atoms with Crippen molar-refractivity contribution in [1.82, 2.24) is 0 Å². The zero-order valence-corrected chi connectivity index (χ0v) is 32.5. The summed E-state index contributed by atoms with van der Waals surface area (Å²) in [7, 11) is 0. The van der Waals surface area contributed by atoms with Crippen molar-refractivity contribution in [3.8, 4) is 11.1 Å². The number of fused-ring (bicyclic) bond motifs is 15. The van der Waals surface area contributed by atoms with Gasteiger partial charge in [0.25, 0.3) is 0 Å². The van der Waals surface area contributed by atoms with Crippen molar-refractivity contribution in [1.29, 1.82) is 0 Å². The van der Waals surface area contributed by atoms with E-state index in [4.69, 9.17) is 28.7 Å². The largest absolute Gasteiger partial charge is 0.397 e. The summed E-state index contributed by atoms with van der Waals surface area (Å²) in [6, 6.07) is 57.8. The Balaban J connectivity index is 0.959. The Hall–Kier alpha value is -8.22. The van der Waals surface area contributed by atoms with Crippen LogP contribution < -0.4 is 34.0 Å². The summed E-state index contributed by atoms with van der Waals surface area (Å²) >= 11 is 0. The first-order valence-corrected chi connectivity index (χ1v) is 20.1. The van der Waals surface area contributed by atoms with Gasteiger partial charge < -0.3 is 34.0 Å². The molecule has 0 heterocycles. The second kappa shape index (κ2) is 12.4. The van der Waals surface area contributed by atoms with E-state index in [0.717, 1.165) is 119 Å². The van der Waals surface area contributed by atoms with Crippen molar-refractivity contribution < 1.29 is 0 Å². The van der Waals surface area contributed by atoms with Crippen molar-refractivity contribution >= 4 is 137 Å². The van der Waals surface area contributed by atoms with Crippen LogP contribution in [-0.4, -0.2) is 0 Å². The second-order valence-corrected chi connectivity index (χ2v) is 16.1. The third kappa shape index (κ3) is 4.88. The van der Waals surface area contributed by atoms with Gasteiger partial charge in [-0.2, -0.15) is 0 Å². The molecule has 0 amide bonds. The number of benzene rings is 12. The lowest BCUT2D eigenvalue weighted by Gasteiger charge is -2.16. The smallest absolute Gasteiger partial charge is 0.0640 e. The van der Waals surface area contributed by atoms with Crippen LogP contribution in [0.25, 0.3) is 108 Å². The molecule has 0 aliphatic heterocycles. The van der Waals surface area contributed by atoms with Crippen LogP contribution in [0, 0.1) is 0 Å². The van der Waals surface area contributed by atoms with E-state index < -0.39 is 0 Å². The summed E-state index contributed by atoms with van der Waals surface area (Å²) in [5, 5.41) is 23.4. The molecule has 12 rings (SSSR count). The van der Waals surface area contributed by atoms with Crippen LogP contribution in [0.2, 0.25) is 0 Å². The van der Waals surface area contributed by atoms with Crippen LogP contribution in [0.5, 0.6) is 0 Å². The first-order valence-electron chi connectivity index (χ1n) is 20.1. The molecule has 0 radical (unpaired) electrons. The number of hydrogen-bond acceptors (Lipinski definition) is 6. The van der Waals surface area contributed by atoms with Gasteiger partial charge in [-0.1, -0.05) is 121 Å². The van der Waals surface area contributed by atoms with Gasteiger partial charge in [0.15, 0.2) is 0 Å². The van der Waals surface area contributed by atoms with E-state index in [0.29, 0.717) is 28.4 Å². The van der Waals surface area contributed by atoms with E-state index in [1.54, 1.807) is 0 Å². The monoisotopic (exact) mass is 770 g/mol. The Bertz CT molecular complexity index is 3870. The summed E-state index contributed by atoms with van der Waals surface area (Å²) in [5.74, 6) is 0. The minimum atomic E-state index is 0.586. The molecule has 0 aromatic heterocycles. The highest BCUT2D eigenvalue weighted by atomic mass is 14.9. The van der Waals surface area contributed by atoms with Crippen LogP contribution >= 0.6 is 0 Å². The van der Waals surface area contributed by atoms with Crippen molar-refractivity contribution in [2.75, 3.05) is 34.0 Å². The van der Waals surface area contributed by atoms with Gasteiger partial charge in [-0.15, -0.1) is 0 Å². The third-order valence-electron chi connectivity index (χ3n) is 12.8. The van der Waals surface area contributed by atoms with Crippen LogP contribution in [0.1, 0.15) is 0 Å². The van der Waals surface area contributed by atoms with E-state index in [2.05, 4.69) is 145 Å². The molecule has 12 aromatic carbocycles. The highest BCUT2D eigenvalue weighted by molar-refractivity contribution is 6.27. The fourth-order valence-corrected chi connectivity index (χ4v) is 9.71. The molecule has 11 N–H and O–H groups in total. The Labute approximate surface area is 344 Å². The standard InChI is InChI=1S/C54H38N6/c55-47-25-34-13-19-37-38(45(34)27-48(47)56)16-8-30-7-15-35(26-44(30)37)60-49-22-14-31-11-17-39-41(50(31)53(49)58)20-10-29-5-6-32(23-43(29)39)33-12-18-40-42-21-9-28-3-1-2-4-36(28)51(42)54(59)52(57)46(40)24-33/h1-27,60H,55-59H2. The summed E-state index contributed by atoms with van der Waals surface area (Å²) in [6.45, 7) is 0. The Morgan fingerprint density at radius 3 is 1.57 bits per heavy atom. The molecule has 0 spiro atoms. The third-order valence-corrected chi connectivity index (χ3v) is 12.8. The molecule has 0 atom stereocenters. The van der Waals surface area contributed by atoms with Crippen molar-refractivity contribution in [2.24, 2.45) is 0 Å². The number of nitrogens with two attached hydrogens (primary N) is 5. The molecule has 0 saturated carbocycles. The van der Waals surface area contributed by atoms with E-state index >= 15 is 0 Å². The van der Waals surface area contributed by atoms with Crippen LogP contribution in [0.3, 0.4) is 0 Å². The SMILES string of the molecule is Nc1cc2ccc3c4cc(Nc5ccc6ccc7c8cc(-c9ccc%10c(c9)c(N)c(N)c9c%11ccccc%11ccc%109)ccc8ccc7c6c5N)ccc4ccc3c2cc1N. The number of anilines is 7. The average Bonchev–Trinajstić information content (AvgIpc) is 3.28. The number of nitrogen functional groups attached to an aromatic ring is 5. The number of hydrogen-bond donors (Lipinski definition) is 6. The summed E-state index contributed by atoms with van der Waals surface area (Å²) in [4.78, 5) is 0. The Morgan fingerprint density at radius 2 is 0.783 bits per heavy atom. The highest BCUT2D eigenvalue weighted by Gasteiger charge is 2.16. The number of rotatable bonds is 3. The van der Waals surface area contributed by atoms with Crippen LogP contribution in [-0.2, 0) is 0 Å². The summed E-state index contributed by atoms with van der Waals surface area (Å²) in [6.07, 6.45) is 0. The normalized spacial score (nSPS) is 12.0. The second-order valence-electron chi connectivity index (χ2n) is 16.1. The molecule has 0 unspecified atom stereocenters. The Morgan fingerprint density at radius 1 is 0.283 bits per heavy atom. The van der Waals surface area contributed by atoms with Crippen molar-refractivity contribution in [2.45, 2.75) is 0 Å². The van der Waals surface area contributed by atoms with Gasteiger partial charge in [-0.25, -0.2) is 0 Å². The predicted molar refractivity (Wildman–Crippen MR) is 261 cm³/mol. The van der Waals surface area contributed by atoms with E-state index in [1.807, 2.05) is 24.3 Å². The minimum absolute atomic E-state index is 0.586. The van der Waals surface area contributed by atoms with E-state index in [1.165, 1.54) is 0 Å².